The van der Waals surface area contributed by atoms with Crippen molar-refractivity contribution in [2.75, 3.05) is 6.54 Å². The molecule has 2 aliphatic rings. The Labute approximate surface area is 87.2 Å². The smallest absolute Gasteiger partial charge is 0.166 e. The van der Waals surface area contributed by atoms with E-state index in [9.17, 15) is 0 Å². The summed E-state index contributed by atoms with van der Waals surface area (Å²) in [6.07, 6.45) is 4.06. The molecule has 14 heavy (non-hydrogen) atoms. The Morgan fingerprint density at radius 1 is 1.43 bits per heavy atom. The second-order valence-electron chi connectivity index (χ2n) is 5.30. The Hall–Kier alpha value is -0.370. The lowest BCUT2D eigenvalue weighted by atomic mass is 9.79. The van der Waals surface area contributed by atoms with E-state index in [0.717, 1.165) is 12.0 Å². The Balaban J connectivity index is 2.25. The van der Waals surface area contributed by atoms with Crippen LogP contribution in [0, 0.1) is 11.8 Å². The van der Waals surface area contributed by atoms with Gasteiger partial charge < -0.3 is 5.73 Å². The molecule has 1 saturated heterocycles. The summed E-state index contributed by atoms with van der Waals surface area (Å²) in [5.41, 5.74) is 7.74. The van der Waals surface area contributed by atoms with Gasteiger partial charge in [-0.25, -0.2) is 4.58 Å². The summed E-state index contributed by atoms with van der Waals surface area (Å²) in [6.45, 7) is 8.09. The molecule has 0 aromatic carbocycles. The quantitative estimate of drug-likeness (QED) is 0.633. The van der Waals surface area contributed by atoms with Crippen molar-refractivity contribution in [3.8, 4) is 0 Å². The zero-order valence-corrected chi connectivity index (χ0v) is 9.66. The third kappa shape index (κ3) is 1.50. The van der Waals surface area contributed by atoms with Crippen molar-refractivity contribution in [2.24, 2.45) is 17.6 Å². The van der Waals surface area contributed by atoms with E-state index in [0.29, 0.717) is 12.0 Å². The van der Waals surface area contributed by atoms with Crippen LogP contribution in [0.5, 0.6) is 0 Å². The first-order valence-corrected chi connectivity index (χ1v) is 5.97. The second-order valence-corrected chi connectivity index (χ2v) is 5.30. The van der Waals surface area contributed by atoms with Crippen LogP contribution in [0.15, 0.2) is 0 Å². The molecule has 0 radical (unpaired) electrons. The Morgan fingerprint density at radius 2 is 2.14 bits per heavy atom. The number of nitrogens with two attached hydrogens (primary N) is 1. The van der Waals surface area contributed by atoms with Gasteiger partial charge in [-0.2, -0.15) is 0 Å². The van der Waals surface area contributed by atoms with Crippen LogP contribution in [0.3, 0.4) is 0 Å². The predicted molar refractivity (Wildman–Crippen MR) is 59.8 cm³/mol. The van der Waals surface area contributed by atoms with E-state index in [1.807, 2.05) is 0 Å². The first kappa shape index (κ1) is 10.2. The summed E-state index contributed by atoms with van der Waals surface area (Å²) >= 11 is 0. The molecule has 0 bridgehead atoms. The van der Waals surface area contributed by atoms with E-state index in [-0.39, 0.29) is 0 Å². The number of fused-ring (bicyclic) bond motifs is 1. The highest BCUT2D eigenvalue weighted by atomic mass is 15.1. The van der Waals surface area contributed by atoms with Crippen LogP contribution in [0.25, 0.3) is 0 Å². The minimum absolute atomic E-state index is 0.310. The number of hydrogen-bond acceptors (Lipinski definition) is 1. The van der Waals surface area contributed by atoms with Gasteiger partial charge in [0.1, 0.15) is 6.54 Å². The molecule has 2 N–H and O–H groups in total. The summed E-state index contributed by atoms with van der Waals surface area (Å²) in [5.74, 6) is 1.43. The fourth-order valence-corrected chi connectivity index (χ4v) is 3.19. The summed E-state index contributed by atoms with van der Waals surface area (Å²) < 4.78 is 2.56. The first-order valence-electron chi connectivity index (χ1n) is 5.97. The predicted octanol–water partition coefficient (Wildman–Crippen LogP) is 1.63. The molecule has 3 unspecified atom stereocenters. The van der Waals surface area contributed by atoms with E-state index in [2.05, 4.69) is 25.3 Å². The molecular weight excluding hydrogens is 172 g/mol. The highest BCUT2D eigenvalue weighted by Gasteiger charge is 2.42. The summed E-state index contributed by atoms with van der Waals surface area (Å²) in [5, 5.41) is 0. The largest absolute Gasteiger partial charge is 0.319 e. The van der Waals surface area contributed by atoms with Gasteiger partial charge in [-0.3, -0.25) is 0 Å². The van der Waals surface area contributed by atoms with E-state index >= 15 is 0 Å². The van der Waals surface area contributed by atoms with E-state index in [4.69, 9.17) is 5.73 Å². The Morgan fingerprint density at radius 3 is 2.79 bits per heavy atom. The van der Waals surface area contributed by atoms with Crippen LogP contribution in [0.1, 0.15) is 40.0 Å². The number of nitrogens with zero attached hydrogens (tertiary/aromatic N) is 1. The normalized spacial score (nSPS) is 37.9. The molecule has 0 saturated carbocycles. The third-order valence-corrected chi connectivity index (χ3v) is 4.17. The van der Waals surface area contributed by atoms with Gasteiger partial charge in [0.25, 0.3) is 0 Å². The van der Waals surface area contributed by atoms with Crippen LogP contribution < -0.4 is 5.73 Å². The fraction of sp³-hybridized carbons (Fsp3) is 0.917. The topological polar surface area (TPSA) is 29.0 Å². The molecule has 1 fully saturated rings. The van der Waals surface area contributed by atoms with Crippen LogP contribution in [-0.2, 0) is 0 Å². The summed E-state index contributed by atoms with van der Waals surface area (Å²) in [7, 11) is 0. The SMILES string of the molecule is CC1=[N+]2CCCC2CC(C(C)C)C1N. The van der Waals surface area contributed by atoms with E-state index < -0.39 is 0 Å². The molecule has 2 rings (SSSR count). The second kappa shape index (κ2) is 3.65. The lowest BCUT2D eigenvalue weighted by Gasteiger charge is -2.32. The zero-order chi connectivity index (χ0) is 10.3. The minimum atomic E-state index is 0.310. The molecule has 80 valence electrons. The average molecular weight is 195 g/mol. The van der Waals surface area contributed by atoms with Crippen LogP contribution >= 0.6 is 0 Å². The van der Waals surface area contributed by atoms with Gasteiger partial charge in [-0.1, -0.05) is 13.8 Å². The molecular formula is C12H23N2+. The van der Waals surface area contributed by atoms with E-state index in [1.165, 1.54) is 31.5 Å². The maximum Gasteiger partial charge on any atom is 0.166 e. The van der Waals surface area contributed by atoms with Crippen molar-refractivity contribution in [2.45, 2.75) is 52.1 Å². The molecule has 2 heterocycles. The third-order valence-electron chi connectivity index (χ3n) is 4.17. The van der Waals surface area contributed by atoms with Crippen molar-refractivity contribution in [3.05, 3.63) is 0 Å². The first-order chi connectivity index (χ1) is 6.61. The maximum atomic E-state index is 6.30. The van der Waals surface area contributed by atoms with Crippen LogP contribution in [0.4, 0.5) is 0 Å². The summed E-state index contributed by atoms with van der Waals surface area (Å²) in [4.78, 5) is 0. The molecule has 0 aromatic heterocycles. The number of rotatable bonds is 1. The fourth-order valence-electron chi connectivity index (χ4n) is 3.19. The monoisotopic (exact) mass is 195 g/mol. The van der Waals surface area contributed by atoms with E-state index in [1.54, 1.807) is 0 Å². The van der Waals surface area contributed by atoms with Gasteiger partial charge in [0.15, 0.2) is 11.8 Å². The molecule has 0 amide bonds. The lowest BCUT2D eigenvalue weighted by molar-refractivity contribution is -0.553. The van der Waals surface area contributed by atoms with Gasteiger partial charge in [0.2, 0.25) is 0 Å². The Bertz CT molecular complexity index is 255. The molecule has 0 spiro atoms. The molecule has 2 heteroatoms. The molecule has 0 aliphatic carbocycles. The highest BCUT2D eigenvalue weighted by molar-refractivity contribution is 5.83. The molecule has 2 aliphatic heterocycles. The van der Waals surface area contributed by atoms with Crippen LogP contribution in [-0.4, -0.2) is 28.9 Å². The standard InChI is InChI=1S/C12H23N2/c1-8(2)11-7-10-5-4-6-14(10)9(3)12(11)13/h8,10-12H,4-7,13H2,1-3H3/q+1. The lowest BCUT2D eigenvalue weighted by Crippen LogP contribution is -2.50. The van der Waals surface area contributed by atoms with Crippen molar-refractivity contribution < 1.29 is 4.58 Å². The summed E-state index contributed by atoms with van der Waals surface area (Å²) in [6, 6.07) is 1.12. The van der Waals surface area contributed by atoms with Gasteiger partial charge in [0.05, 0.1) is 6.04 Å². The van der Waals surface area contributed by atoms with Crippen molar-refractivity contribution in [3.63, 3.8) is 0 Å². The average Bonchev–Trinajstić information content (AvgIpc) is 2.58. The molecule has 3 atom stereocenters. The Kier molecular flexibility index (Phi) is 2.65. The number of hydrogen-bond donors (Lipinski definition) is 1. The van der Waals surface area contributed by atoms with Crippen molar-refractivity contribution in [1.29, 1.82) is 0 Å². The van der Waals surface area contributed by atoms with Gasteiger partial charge >= 0.3 is 0 Å². The van der Waals surface area contributed by atoms with Gasteiger partial charge in [0, 0.05) is 26.2 Å². The zero-order valence-electron chi connectivity index (χ0n) is 9.66. The van der Waals surface area contributed by atoms with Gasteiger partial charge in [-0.15, -0.1) is 0 Å². The van der Waals surface area contributed by atoms with Crippen molar-refractivity contribution >= 4 is 5.71 Å². The van der Waals surface area contributed by atoms with Crippen LogP contribution in [0.2, 0.25) is 0 Å². The van der Waals surface area contributed by atoms with Crippen molar-refractivity contribution in [1.82, 2.24) is 0 Å². The van der Waals surface area contributed by atoms with Gasteiger partial charge in [-0.05, 0) is 11.8 Å². The highest BCUT2D eigenvalue weighted by Crippen LogP contribution is 2.31. The minimum Gasteiger partial charge on any atom is -0.319 e. The molecule has 0 aromatic rings. The molecule has 2 nitrogen and oxygen atoms in total. The maximum absolute atomic E-state index is 6.30.